The number of aromatic nitrogens is 1. The van der Waals surface area contributed by atoms with Crippen LogP contribution in [0.15, 0.2) is 157 Å². The fourth-order valence-corrected chi connectivity index (χ4v) is 10.5. The summed E-state index contributed by atoms with van der Waals surface area (Å²) in [5.74, 6) is 0. The maximum atomic E-state index is 2.58. The molecule has 11 rings (SSSR count). The van der Waals surface area contributed by atoms with Gasteiger partial charge in [0, 0.05) is 57.6 Å². The van der Waals surface area contributed by atoms with E-state index in [-0.39, 0.29) is 6.04 Å². The molecule has 1 aliphatic heterocycles. The fraction of sp³-hybridized carbons (Fsp3) is 0.0233. The molecule has 3 aromatic heterocycles. The third-order valence-electron chi connectivity index (χ3n) is 9.96. The van der Waals surface area contributed by atoms with E-state index in [4.69, 9.17) is 0 Å². The third kappa shape index (κ3) is 3.44. The zero-order valence-corrected chi connectivity index (χ0v) is 26.9. The molecule has 4 heterocycles. The van der Waals surface area contributed by atoms with Crippen LogP contribution in [0.1, 0.15) is 5.56 Å². The first-order valence-corrected chi connectivity index (χ1v) is 17.7. The third-order valence-corrected chi connectivity index (χ3v) is 12.3. The van der Waals surface area contributed by atoms with Gasteiger partial charge in [-0.15, -0.1) is 22.7 Å². The molecule has 47 heavy (non-hydrogen) atoms. The van der Waals surface area contributed by atoms with Gasteiger partial charge >= 0.3 is 0 Å². The molecule has 4 heteroatoms. The Kier molecular flexibility index (Phi) is 5.23. The molecule has 0 saturated heterocycles. The summed E-state index contributed by atoms with van der Waals surface area (Å²) in [5.41, 5.74) is 8.86. The van der Waals surface area contributed by atoms with E-state index in [2.05, 4.69) is 161 Å². The Hall–Kier alpha value is -5.42. The minimum atomic E-state index is 0.147. The number of rotatable bonds is 3. The van der Waals surface area contributed by atoms with Crippen LogP contribution in [0.2, 0.25) is 0 Å². The molecule has 0 bridgehead atoms. The van der Waals surface area contributed by atoms with Crippen LogP contribution in [0, 0.1) is 0 Å². The molecular weight excluding hydrogens is 609 g/mol. The molecule has 0 saturated carbocycles. The predicted molar refractivity (Wildman–Crippen MR) is 204 cm³/mol. The van der Waals surface area contributed by atoms with Crippen molar-refractivity contribution < 1.29 is 0 Å². The second-order valence-electron chi connectivity index (χ2n) is 12.4. The molecule has 0 fully saturated rings. The Morgan fingerprint density at radius 2 is 1.17 bits per heavy atom. The average molecular weight is 635 g/mol. The molecular formula is C43H26N2S2. The average Bonchev–Trinajstić information content (AvgIpc) is 3.79. The van der Waals surface area contributed by atoms with E-state index < -0.39 is 0 Å². The highest BCUT2D eigenvalue weighted by Gasteiger charge is 2.40. The van der Waals surface area contributed by atoms with Crippen LogP contribution in [0.3, 0.4) is 0 Å². The summed E-state index contributed by atoms with van der Waals surface area (Å²) in [6, 6.07) is 46.9. The quantitative estimate of drug-likeness (QED) is 0.188. The number of allylic oxidation sites excluding steroid dienone is 2. The second-order valence-corrected chi connectivity index (χ2v) is 14.5. The van der Waals surface area contributed by atoms with Crippen molar-refractivity contribution in [2.45, 2.75) is 6.04 Å². The standard InChI is InChI=1S/C43H26N2S2/c1-3-13-26(14-4-1)28-23-24-29-34(25-28)45(44-33-20-10-7-17-30(33)40(44)27-15-5-2-6-16-27)41-37(29)38-31-18-8-11-21-35(31)46-42(38)39-32-19-9-12-22-36(32)47-43(39)41/h1-25,33H. The molecule has 220 valence electrons. The van der Waals surface area contributed by atoms with E-state index >= 15 is 0 Å². The Morgan fingerprint density at radius 1 is 0.511 bits per heavy atom. The molecule has 2 aliphatic rings. The van der Waals surface area contributed by atoms with Crippen molar-refractivity contribution in [1.29, 1.82) is 0 Å². The van der Waals surface area contributed by atoms with Crippen molar-refractivity contribution in [3.05, 3.63) is 163 Å². The second kappa shape index (κ2) is 9.55. The van der Waals surface area contributed by atoms with Crippen LogP contribution in [-0.4, -0.2) is 10.7 Å². The largest absolute Gasteiger partial charge is 0.268 e. The summed E-state index contributed by atoms with van der Waals surface area (Å²) in [5, 5.41) is 10.6. The van der Waals surface area contributed by atoms with Gasteiger partial charge in [0.2, 0.25) is 0 Å². The molecule has 0 spiro atoms. The van der Waals surface area contributed by atoms with Crippen molar-refractivity contribution >= 4 is 90.5 Å². The molecule has 1 aliphatic carbocycles. The van der Waals surface area contributed by atoms with E-state index in [1.54, 1.807) is 0 Å². The number of benzene rings is 6. The van der Waals surface area contributed by atoms with Crippen molar-refractivity contribution in [2.24, 2.45) is 0 Å². The van der Waals surface area contributed by atoms with Crippen molar-refractivity contribution in [3.63, 3.8) is 0 Å². The SMILES string of the molecule is C1=CC2=C(c3ccccc3)N(n3c4cc(-c5ccccc5)ccc4c4c5c6ccccc6sc5c5c6ccccc6sc5c43)C2C=C1. The van der Waals surface area contributed by atoms with Crippen LogP contribution >= 0.6 is 22.7 Å². The monoisotopic (exact) mass is 634 g/mol. The van der Waals surface area contributed by atoms with Gasteiger partial charge in [0.15, 0.2) is 0 Å². The summed E-state index contributed by atoms with van der Waals surface area (Å²) in [6.45, 7) is 0. The first-order valence-electron chi connectivity index (χ1n) is 16.1. The minimum Gasteiger partial charge on any atom is -0.268 e. The first-order chi connectivity index (χ1) is 23.3. The zero-order valence-electron chi connectivity index (χ0n) is 25.2. The van der Waals surface area contributed by atoms with E-state index in [1.165, 1.54) is 90.1 Å². The lowest BCUT2D eigenvalue weighted by atomic mass is 9.88. The van der Waals surface area contributed by atoms with Crippen LogP contribution in [0.25, 0.3) is 79.0 Å². The van der Waals surface area contributed by atoms with E-state index in [0.717, 1.165) is 0 Å². The highest BCUT2D eigenvalue weighted by Crippen LogP contribution is 2.53. The topological polar surface area (TPSA) is 8.17 Å². The highest BCUT2D eigenvalue weighted by molar-refractivity contribution is 7.30. The van der Waals surface area contributed by atoms with Crippen LogP contribution in [0.5, 0.6) is 0 Å². The maximum Gasteiger partial charge on any atom is 0.0965 e. The Balaban J connectivity index is 1.38. The summed E-state index contributed by atoms with van der Waals surface area (Å²) in [4.78, 5) is 0. The van der Waals surface area contributed by atoms with Crippen molar-refractivity contribution in [3.8, 4) is 11.1 Å². The van der Waals surface area contributed by atoms with Gasteiger partial charge in [0.1, 0.15) is 0 Å². The van der Waals surface area contributed by atoms with E-state index in [9.17, 15) is 0 Å². The van der Waals surface area contributed by atoms with Gasteiger partial charge in [-0.05, 0) is 29.3 Å². The van der Waals surface area contributed by atoms with Crippen LogP contribution < -0.4 is 5.01 Å². The Morgan fingerprint density at radius 3 is 1.94 bits per heavy atom. The molecule has 1 unspecified atom stereocenters. The summed E-state index contributed by atoms with van der Waals surface area (Å²) in [7, 11) is 0. The highest BCUT2D eigenvalue weighted by atomic mass is 32.1. The molecule has 9 aromatic rings. The fourth-order valence-electron chi connectivity index (χ4n) is 7.96. The van der Waals surface area contributed by atoms with Gasteiger partial charge in [-0.2, -0.15) is 0 Å². The number of nitrogens with zero attached hydrogens (tertiary/aromatic N) is 2. The van der Waals surface area contributed by atoms with Gasteiger partial charge in [-0.3, -0.25) is 5.01 Å². The molecule has 0 amide bonds. The first kappa shape index (κ1) is 25.7. The van der Waals surface area contributed by atoms with E-state index in [0.29, 0.717) is 0 Å². The normalized spacial score (nSPS) is 16.0. The molecule has 0 radical (unpaired) electrons. The molecule has 0 N–H and O–H groups in total. The molecule has 2 nitrogen and oxygen atoms in total. The summed E-state index contributed by atoms with van der Waals surface area (Å²) >= 11 is 3.88. The lowest BCUT2D eigenvalue weighted by Gasteiger charge is -2.46. The summed E-state index contributed by atoms with van der Waals surface area (Å²) < 4.78 is 8.00. The maximum absolute atomic E-state index is 2.58. The predicted octanol–water partition coefficient (Wildman–Crippen LogP) is 12.1. The van der Waals surface area contributed by atoms with Gasteiger partial charge in [-0.25, -0.2) is 4.68 Å². The summed E-state index contributed by atoms with van der Waals surface area (Å²) in [6.07, 6.45) is 9.02. The van der Waals surface area contributed by atoms with Crippen molar-refractivity contribution in [2.75, 3.05) is 5.01 Å². The zero-order chi connectivity index (χ0) is 30.6. The number of hydrogen-bond donors (Lipinski definition) is 0. The van der Waals surface area contributed by atoms with Gasteiger partial charge < -0.3 is 0 Å². The smallest absolute Gasteiger partial charge is 0.0965 e. The van der Waals surface area contributed by atoms with Gasteiger partial charge in [0.05, 0.1) is 27.5 Å². The lowest BCUT2D eigenvalue weighted by molar-refractivity contribution is 0.658. The van der Waals surface area contributed by atoms with Crippen LogP contribution in [0.4, 0.5) is 0 Å². The number of thiophene rings is 2. The molecule has 6 aromatic carbocycles. The minimum absolute atomic E-state index is 0.147. The van der Waals surface area contributed by atoms with Gasteiger partial charge in [0.25, 0.3) is 0 Å². The van der Waals surface area contributed by atoms with Crippen LogP contribution in [-0.2, 0) is 0 Å². The molecule has 1 atom stereocenters. The Bertz CT molecular complexity index is 2840. The van der Waals surface area contributed by atoms with Gasteiger partial charge in [-0.1, -0.05) is 133 Å². The van der Waals surface area contributed by atoms with E-state index in [1.807, 2.05) is 22.7 Å². The number of hydrogen-bond acceptors (Lipinski definition) is 3. The lowest BCUT2D eigenvalue weighted by Crippen LogP contribution is -2.51. The number of fused-ring (bicyclic) bond motifs is 13. The Labute approximate surface area is 279 Å². The van der Waals surface area contributed by atoms with Crippen molar-refractivity contribution in [1.82, 2.24) is 4.68 Å².